The molecule has 0 bridgehead atoms. The van der Waals surface area contributed by atoms with Gasteiger partial charge < -0.3 is 10.2 Å². The van der Waals surface area contributed by atoms with Crippen molar-refractivity contribution < 1.29 is 0 Å². The van der Waals surface area contributed by atoms with E-state index in [0.29, 0.717) is 12.1 Å². The molecular weight excluding hydrogens is 218 g/mol. The van der Waals surface area contributed by atoms with E-state index in [1.54, 1.807) is 0 Å². The number of piperidine rings is 1. The molecule has 2 heterocycles. The molecule has 1 saturated heterocycles. The third-order valence-corrected chi connectivity index (χ3v) is 4.84. The number of hydrogen-bond donors (Lipinski definition) is 1. The minimum atomic E-state index is 0.630. The Balaban J connectivity index is 1.82. The van der Waals surface area contributed by atoms with Crippen molar-refractivity contribution in [2.75, 3.05) is 25.9 Å². The lowest BCUT2D eigenvalue weighted by Gasteiger charge is -2.36. The van der Waals surface area contributed by atoms with E-state index in [0.717, 1.165) is 12.5 Å². The zero-order valence-corrected chi connectivity index (χ0v) is 11.4. The first-order valence-corrected chi connectivity index (χ1v) is 7.27. The van der Waals surface area contributed by atoms with Gasteiger partial charge >= 0.3 is 0 Å². The Morgan fingerprint density at radius 3 is 2.88 bits per heavy atom. The summed E-state index contributed by atoms with van der Waals surface area (Å²) in [5.74, 6) is 1.96. The summed E-state index contributed by atoms with van der Waals surface area (Å²) in [4.78, 5) is 7.04. The van der Waals surface area contributed by atoms with Crippen LogP contribution in [0.15, 0.2) is 4.99 Å². The average Bonchev–Trinajstić information content (AvgIpc) is 2.27. The zero-order valence-electron chi connectivity index (χ0n) is 10.6. The Morgan fingerprint density at radius 1 is 1.44 bits per heavy atom. The van der Waals surface area contributed by atoms with Crippen molar-refractivity contribution in [3.8, 4) is 0 Å². The maximum atomic E-state index is 4.60. The second-order valence-electron chi connectivity index (χ2n) is 5.26. The molecule has 92 valence electrons. The van der Waals surface area contributed by atoms with Crippen LogP contribution in [0.2, 0.25) is 0 Å². The average molecular weight is 241 g/mol. The van der Waals surface area contributed by atoms with E-state index in [-0.39, 0.29) is 0 Å². The van der Waals surface area contributed by atoms with Gasteiger partial charge in [0.25, 0.3) is 0 Å². The van der Waals surface area contributed by atoms with Gasteiger partial charge in [0.2, 0.25) is 0 Å². The molecule has 0 radical (unpaired) electrons. The summed E-state index contributed by atoms with van der Waals surface area (Å²) >= 11 is 1.89. The molecule has 0 aliphatic carbocycles. The third kappa shape index (κ3) is 3.14. The molecule has 0 spiro atoms. The fourth-order valence-electron chi connectivity index (χ4n) is 2.24. The SMILES string of the molecule is CC1CN=C(NC2CCN(C)C(C)C2)SC1. The van der Waals surface area contributed by atoms with Crippen molar-refractivity contribution in [3.63, 3.8) is 0 Å². The smallest absolute Gasteiger partial charge is 0.156 e. The van der Waals surface area contributed by atoms with E-state index in [2.05, 4.69) is 36.1 Å². The molecule has 1 fully saturated rings. The van der Waals surface area contributed by atoms with Gasteiger partial charge in [0.05, 0.1) is 0 Å². The van der Waals surface area contributed by atoms with Crippen LogP contribution in [-0.4, -0.2) is 48.0 Å². The van der Waals surface area contributed by atoms with Crippen LogP contribution in [-0.2, 0) is 0 Å². The summed E-state index contributed by atoms with van der Waals surface area (Å²) in [6.45, 7) is 6.78. The molecule has 3 nitrogen and oxygen atoms in total. The normalized spacial score (nSPS) is 36.9. The van der Waals surface area contributed by atoms with Crippen molar-refractivity contribution >= 4 is 16.9 Å². The Bertz CT molecular complexity index is 267. The Hall–Kier alpha value is -0.220. The van der Waals surface area contributed by atoms with E-state index in [1.165, 1.54) is 30.3 Å². The molecule has 0 aromatic carbocycles. The van der Waals surface area contributed by atoms with Gasteiger partial charge in [0.1, 0.15) is 0 Å². The highest BCUT2D eigenvalue weighted by molar-refractivity contribution is 8.13. The first-order valence-electron chi connectivity index (χ1n) is 6.29. The van der Waals surface area contributed by atoms with Gasteiger partial charge in [-0.3, -0.25) is 4.99 Å². The van der Waals surface area contributed by atoms with E-state index in [1.807, 2.05) is 11.8 Å². The Kier molecular flexibility index (Phi) is 4.14. The molecular formula is C12H23N3S. The van der Waals surface area contributed by atoms with Crippen molar-refractivity contribution in [2.45, 2.75) is 38.8 Å². The zero-order chi connectivity index (χ0) is 11.5. The van der Waals surface area contributed by atoms with Crippen molar-refractivity contribution in [2.24, 2.45) is 10.9 Å². The van der Waals surface area contributed by atoms with Gasteiger partial charge in [-0.2, -0.15) is 0 Å². The quantitative estimate of drug-likeness (QED) is 0.758. The lowest BCUT2D eigenvalue weighted by molar-refractivity contribution is 0.177. The Morgan fingerprint density at radius 2 is 2.25 bits per heavy atom. The molecule has 2 rings (SSSR count). The molecule has 0 amide bonds. The van der Waals surface area contributed by atoms with E-state index in [9.17, 15) is 0 Å². The molecule has 4 heteroatoms. The van der Waals surface area contributed by atoms with Crippen molar-refractivity contribution in [3.05, 3.63) is 0 Å². The minimum Gasteiger partial charge on any atom is -0.362 e. The third-order valence-electron chi connectivity index (χ3n) is 3.59. The molecule has 16 heavy (non-hydrogen) atoms. The fourth-order valence-corrected chi connectivity index (χ4v) is 3.20. The topological polar surface area (TPSA) is 27.6 Å². The first-order chi connectivity index (χ1) is 7.65. The lowest BCUT2D eigenvalue weighted by Crippen LogP contribution is -2.47. The number of aliphatic imine (C=N–C) groups is 1. The maximum absolute atomic E-state index is 4.60. The number of hydrogen-bond acceptors (Lipinski definition) is 4. The second kappa shape index (κ2) is 5.41. The molecule has 0 aromatic rings. The molecule has 1 N–H and O–H groups in total. The molecule has 3 atom stereocenters. The van der Waals surface area contributed by atoms with Crippen LogP contribution in [0.4, 0.5) is 0 Å². The summed E-state index contributed by atoms with van der Waals surface area (Å²) in [7, 11) is 2.22. The van der Waals surface area contributed by atoms with Crippen LogP contribution in [0.25, 0.3) is 0 Å². The van der Waals surface area contributed by atoms with Crippen molar-refractivity contribution in [1.29, 1.82) is 0 Å². The van der Waals surface area contributed by atoms with Crippen molar-refractivity contribution in [1.82, 2.24) is 10.2 Å². The number of nitrogens with one attached hydrogen (secondary N) is 1. The van der Waals surface area contributed by atoms with Gasteiger partial charge in [-0.15, -0.1) is 0 Å². The number of amidine groups is 1. The molecule has 2 aliphatic heterocycles. The summed E-state index contributed by atoms with van der Waals surface area (Å²) in [5.41, 5.74) is 0. The predicted molar refractivity (Wildman–Crippen MR) is 72.2 cm³/mol. The second-order valence-corrected chi connectivity index (χ2v) is 6.27. The maximum Gasteiger partial charge on any atom is 0.156 e. The van der Waals surface area contributed by atoms with Crippen LogP contribution >= 0.6 is 11.8 Å². The Labute approximate surface area is 103 Å². The first kappa shape index (κ1) is 12.2. The molecule has 0 aromatic heterocycles. The summed E-state index contributed by atoms with van der Waals surface area (Å²) in [6.07, 6.45) is 2.49. The van der Waals surface area contributed by atoms with Gasteiger partial charge in [0, 0.05) is 30.9 Å². The molecule has 3 unspecified atom stereocenters. The monoisotopic (exact) mass is 241 g/mol. The van der Waals surface area contributed by atoms with Crippen LogP contribution < -0.4 is 5.32 Å². The number of thioether (sulfide) groups is 1. The number of likely N-dealkylation sites (tertiary alicyclic amines) is 1. The van der Waals surface area contributed by atoms with E-state index in [4.69, 9.17) is 0 Å². The van der Waals surface area contributed by atoms with Gasteiger partial charge in [-0.25, -0.2) is 0 Å². The summed E-state index contributed by atoms with van der Waals surface area (Å²) < 4.78 is 0. The van der Waals surface area contributed by atoms with Gasteiger partial charge in [0.15, 0.2) is 5.17 Å². The highest BCUT2D eigenvalue weighted by Gasteiger charge is 2.24. The van der Waals surface area contributed by atoms with E-state index < -0.39 is 0 Å². The van der Waals surface area contributed by atoms with E-state index >= 15 is 0 Å². The summed E-state index contributed by atoms with van der Waals surface area (Å²) in [6, 6.07) is 1.32. The van der Waals surface area contributed by atoms with Gasteiger partial charge in [-0.1, -0.05) is 18.7 Å². The van der Waals surface area contributed by atoms with Crippen LogP contribution in [0.5, 0.6) is 0 Å². The van der Waals surface area contributed by atoms with Crippen LogP contribution in [0, 0.1) is 5.92 Å². The highest BCUT2D eigenvalue weighted by Crippen LogP contribution is 2.19. The van der Waals surface area contributed by atoms with Gasteiger partial charge in [-0.05, 0) is 32.7 Å². The predicted octanol–water partition coefficient (Wildman–Crippen LogP) is 1.80. The largest absolute Gasteiger partial charge is 0.362 e. The van der Waals surface area contributed by atoms with Crippen LogP contribution in [0.1, 0.15) is 26.7 Å². The lowest BCUT2D eigenvalue weighted by atomic mass is 9.99. The standard InChI is InChI=1S/C12H23N3S/c1-9-7-13-12(16-8-9)14-11-4-5-15(3)10(2)6-11/h9-11H,4-8H2,1-3H3,(H,13,14). The van der Waals surface area contributed by atoms with Crippen LogP contribution in [0.3, 0.4) is 0 Å². The number of rotatable bonds is 1. The summed E-state index contributed by atoms with van der Waals surface area (Å²) in [5, 5.41) is 4.80. The number of nitrogens with zero attached hydrogens (tertiary/aromatic N) is 2. The highest BCUT2D eigenvalue weighted by atomic mass is 32.2. The minimum absolute atomic E-state index is 0.630. The fraction of sp³-hybridized carbons (Fsp3) is 0.917. The molecule has 0 saturated carbocycles. The molecule has 2 aliphatic rings.